The quantitative estimate of drug-likeness (QED) is 0.433. The highest BCUT2D eigenvalue weighted by molar-refractivity contribution is 7.67. The molecule has 90 valence electrons. The lowest BCUT2D eigenvalue weighted by Gasteiger charge is -2.13. The molecule has 0 amide bonds. The van der Waals surface area contributed by atoms with Gasteiger partial charge in [0.05, 0.1) is 12.9 Å². The van der Waals surface area contributed by atoms with Crippen LogP contribution >= 0.6 is 7.14 Å². The zero-order valence-electron chi connectivity index (χ0n) is 10.4. The van der Waals surface area contributed by atoms with Gasteiger partial charge in [0, 0.05) is 18.1 Å². The smallest absolute Gasteiger partial charge is 0.111 e. The lowest BCUT2D eigenvalue weighted by atomic mass is 10.4. The fourth-order valence-corrected chi connectivity index (χ4v) is 3.90. The normalized spacial score (nSPS) is 12.2. The first kappa shape index (κ1) is 14.8. The van der Waals surface area contributed by atoms with Crippen LogP contribution in [0.2, 0.25) is 0 Å². The van der Waals surface area contributed by atoms with E-state index in [1.54, 1.807) is 6.26 Å². The molecule has 2 nitrogen and oxygen atoms in total. The van der Waals surface area contributed by atoms with Crippen LogP contribution in [-0.2, 0) is 9.30 Å². The van der Waals surface area contributed by atoms with Crippen molar-refractivity contribution in [2.45, 2.75) is 46.5 Å². The van der Waals surface area contributed by atoms with Crippen LogP contribution in [0.1, 0.15) is 46.5 Å². The third-order valence-electron chi connectivity index (χ3n) is 2.38. The van der Waals surface area contributed by atoms with Gasteiger partial charge in [-0.25, -0.2) is 0 Å². The summed E-state index contributed by atoms with van der Waals surface area (Å²) in [7, 11) is -2.09. The summed E-state index contributed by atoms with van der Waals surface area (Å²) in [6.07, 6.45) is 7.64. The van der Waals surface area contributed by atoms with Gasteiger partial charge >= 0.3 is 0 Å². The topological polar surface area (TPSA) is 26.3 Å². The van der Waals surface area contributed by atoms with E-state index in [4.69, 9.17) is 4.74 Å². The van der Waals surface area contributed by atoms with Gasteiger partial charge in [0.1, 0.15) is 7.14 Å². The van der Waals surface area contributed by atoms with E-state index < -0.39 is 7.14 Å². The van der Waals surface area contributed by atoms with E-state index in [1.165, 1.54) is 0 Å². The van der Waals surface area contributed by atoms with E-state index >= 15 is 0 Å². The second-order valence-electron chi connectivity index (χ2n) is 3.85. The highest BCUT2D eigenvalue weighted by atomic mass is 31.2. The largest absolute Gasteiger partial charge is 0.501 e. The van der Waals surface area contributed by atoms with Crippen LogP contribution in [0.4, 0.5) is 0 Å². The van der Waals surface area contributed by atoms with Crippen LogP contribution in [0.25, 0.3) is 0 Å². The highest BCUT2D eigenvalue weighted by Gasteiger charge is 2.16. The summed E-state index contributed by atoms with van der Waals surface area (Å²) >= 11 is 0. The Bertz CT molecular complexity index is 200. The molecule has 0 aromatic heterocycles. The maximum atomic E-state index is 12.4. The van der Waals surface area contributed by atoms with E-state index in [2.05, 4.69) is 13.8 Å². The average molecular weight is 232 g/mol. The van der Waals surface area contributed by atoms with Crippen molar-refractivity contribution >= 4 is 7.14 Å². The van der Waals surface area contributed by atoms with Crippen molar-refractivity contribution in [1.82, 2.24) is 0 Å². The maximum absolute atomic E-state index is 12.4. The molecule has 0 saturated carbocycles. The molecule has 0 bridgehead atoms. The van der Waals surface area contributed by atoms with Gasteiger partial charge in [-0.05, 0) is 19.8 Å². The molecule has 3 heteroatoms. The van der Waals surface area contributed by atoms with E-state index in [9.17, 15) is 4.57 Å². The molecule has 0 spiro atoms. The van der Waals surface area contributed by atoms with Gasteiger partial charge in [0.15, 0.2) is 0 Å². The molecule has 0 heterocycles. The summed E-state index contributed by atoms with van der Waals surface area (Å²) in [4.78, 5) is 0. The Morgan fingerprint density at radius 3 is 2.00 bits per heavy atom. The summed E-state index contributed by atoms with van der Waals surface area (Å²) in [6.45, 7) is 6.86. The molecule has 0 fully saturated rings. The monoisotopic (exact) mass is 232 g/mol. The summed E-state index contributed by atoms with van der Waals surface area (Å²) in [6, 6.07) is 0. The molecule has 0 aliphatic rings. The first-order chi connectivity index (χ1) is 7.18. The van der Waals surface area contributed by atoms with Crippen LogP contribution < -0.4 is 0 Å². The van der Waals surface area contributed by atoms with Crippen molar-refractivity contribution in [2.24, 2.45) is 0 Å². The number of hydrogen-bond acceptors (Lipinski definition) is 2. The van der Waals surface area contributed by atoms with Gasteiger partial charge in [0.2, 0.25) is 0 Å². The molecule has 0 atom stereocenters. The number of unbranched alkanes of at least 4 members (excludes halogenated alkanes) is 2. The Morgan fingerprint density at radius 2 is 1.60 bits per heavy atom. The first-order valence-electron chi connectivity index (χ1n) is 6.05. The second-order valence-corrected chi connectivity index (χ2v) is 6.94. The molecular formula is C12H25O2P. The molecule has 15 heavy (non-hydrogen) atoms. The number of hydrogen-bond donors (Lipinski definition) is 0. The average Bonchev–Trinajstić information content (AvgIpc) is 2.24. The predicted molar refractivity (Wildman–Crippen MR) is 67.9 cm³/mol. The Labute approximate surface area is 94.5 Å². The van der Waals surface area contributed by atoms with Crippen molar-refractivity contribution in [1.29, 1.82) is 0 Å². The zero-order valence-corrected chi connectivity index (χ0v) is 11.3. The molecule has 0 aromatic carbocycles. The summed E-state index contributed by atoms with van der Waals surface area (Å²) < 4.78 is 17.6. The minimum Gasteiger partial charge on any atom is -0.501 e. The molecule has 0 saturated heterocycles. The Balaban J connectivity index is 4.19. The molecule has 0 aliphatic heterocycles. The van der Waals surface area contributed by atoms with Crippen LogP contribution in [0.15, 0.2) is 12.1 Å². The summed E-state index contributed by atoms with van der Waals surface area (Å²) in [5.74, 6) is 1.82. The van der Waals surface area contributed by atoms with Crippen LogP contribution in [0.3, 0.4) is 0 Å². The third kappa shape index (κ3) is 7.67. The SMILES string of the molecule is CCCCP(=O)(/C=C/OCC)CCCC. The fourth-order valence-electron chi connectivity index (χ4n) is 1.36. The standard InChI is InChI=1S/C12H25O2P/c1-4-7-10-15(13,11-8-5-2)12-9-14-6-3/h9,12H,4-8,10-11H2,1-3H3/b12-9+. The Morgan fingerprint density at radius 1 is 1.07 bits per heavy atom. The zero-order chi connectivity index (χ0) is 11.6. The molecule has 0 N–H and O–H groups in total. The molecule has 0 aliphatic carbocycles. The maximum Gasteiger partial charge on any atom is 0.111 e. The molecule has 0 radical (unpaired) electrons. The summed E-state index contributed by atoms with van der Waals surface area (Å²) in [5, 5.41) is 0. The lowest BCUT2D eigenvalue weighted by Crippen LogP contribution is -1.93. The number of rotatable bonds is 9. The van der Waals surface area contributed by atoms with Gasteiger partial charge in [-0.15, -0.1) is 0 Å². The minimum atomic E-state index is -2.09. The van der Waals surface area contributed by atoms with E-state index in [1.807, 2.05) is 12.7 Å². The van der Waals surface area contributed by atoms with Crippen LogP contribution in [0.5, 0.6) is 0 Å². The van der Waals surface area contributed by atoms with Crippen LogP contribution in [-0.4, -0.2) is 18.9 Å². The van der Waals surface area contributed by atoms with Gasteiger partial charge in [-0.2, -0.15) is 0 Å². The van der Waals surface area contributed by atoms with Crippen LogP contribution in [0, 0.1) is 0 Å². The van der Waals surface area contributed by atoms with E-state index in [-0.39, 0.29) is 0 Å². The van der Waals surface area contributed by atoms with Crippen molar-refractivity contribution in [3.63, 3.8) is 0 Å². The Hall–Kier alpha value is -0.230. The van der Waals surface area contributed by atoms with E-state index in [0.29, 0.717) is 6.61 Å². The van der Waals surface area contributed by atoms with E-state index in [0.717, 1.165) is 38.0 Å². The Kier molecular flexibility index (Phi) is 8.89. The van der Waals surface area contributed by atoms with Crippen molar-refractivity contribution in [3.8, 4) is 0 Å². The fraction of sp³-hybridized carbons (Fsp3) is 0.833. The summed E-state index contributed by atoms with van der Waals surface area (Å²) in [5.41, 5.74) is 0. The van der Waals surface area contributed by atoms with Gasteiger partial charge in [-0.3, -0.25) is 0 Å². The first-order valence-corrected chi connectivity index (χ1v) is 8.20. The molecule has 0 unspecified atom stereocenters. The van der Waals surface area contributed by atoms with Gasteiger partial charge in [-0.1, -0.05) is 26.7 Å². The van der Waals surface area contributed by atoms with Crippen molar-refractivity contribution in [3.05, 3.63) is 12.1 Å². The highest BCUT2D eigenvalue weighted by Crippen LogP contribution is 2.48. The molecule has 0 aromatic rings. The lowest BCUT2D eigenvalue weighted by molar-refractivity contribution is 0.270. The predicted octanol–water partition coefficient (Wildman–Crippen LogP) is 4.46. The minimum absolute atomic E-state index is 0.651. The van der Waals surface area contributed by atoms with Crippen molar-refractivity contribution < 1.29 is 9.30 Å². The molecular weight excluding hydrogens is 207 g/mol. The van der Waals surface area contributed by atoms with Gasteiger partial charge in [0.25, 0.3) is 0 Å². The van der Waals surface area contributed by atoms with Crippen molar-refractivity contribution in [2.75, 3.05) is 18.9 Å². The number of ether oxygens (including phenoxy) is 1. The third-order valence-corrected chi connectivity index (χ3v) is 5.19. The molecule has 0 rings (SSSR count). The second kappa shape index (κ2) is 9.03. The van der Waals surface area contributed by atoms with Gasteiger partial charge < -0.3 is 9.30 Å².